The summed E-state index contributed by atoms with van der Waals surface area (Å²) in [6.45, 7) is 0. The molecule has 14 heteroatoms. The molecule has 1 atom stereocenters. The second-order valence-electron chi connectivity index (χ2n) is 5.09. The van der Waals surface area contributed by atoms with Crippen LogP contribution in [0.2, 0.25) is 0 Å². The number of carboxylic acid groups (broad SMARTS) is 2. The van der Waals surface area contributed by atoms with Gasteiger partial charge in [0.1, 0.15) is 18.2 Å². The molecule has 27 heavy (non-hydrogen) atoms. The maximum absolute atomic E-state index is 9.66. The van der Waals surface area contributed by atoms with Gasteiger partial charge < -0.3 is 44.5 Å². The number of hydrogen-bond acceptors (Lipinski definition) is 4. The summed E-state index contributed by atoms with van der Waals surface area (Å²) >= 11 is 0. The van der Waals surface area contributed by atoms with Crippen LogP contribution in [0.1, 0.15) is 6.42 Å². The van der Waals surface area contributed by atoms with Gasteiger partial charge in [-0.25, -0.2) is 4.79 Å². The molecule has 0 bridgehead atoms. The van der Waals surface area contributed by atoms with E-state index in [1.807, 2.05) is 0 Å². The quantitative estimate of drug-likeness (QED) is 0.0738. The molecule has 0 saturated carbocycles. The lowest BCUT2D eigenvalue weighted by Crippen LogP contribution is -2.71. The van der Waals surface area contributed by atoms with Crippen LogP contribution in [0, 0.1) is 12.8 Å². The Hall–Kier alpha value is -3.42. The summed E-state index contributed by atoms with van der Waals surface area (Å²) in [4.78, 5) is 24.5. The fraction of sp³-hybridized carbons (Fsp3) is 0.462. The number of nitrogens with zero attached hydrogens (tertiary/aromatic N) is 3. The number of quaternary nitrogens is 1. The topological polar surface area (TPSA) is 277 Å². The molecule has 0 heterocycles. The first-order valence-corrected chi connectivity index (χ1v) is 6.91. The second kappa shape index (κ2) is 16.1. The van der Waals surface area contributed by atoms with E-state index in [-0.39, 0.29) is 19.2 Å². The first kappa shape index (κ1) is 31.4. The van der Waals surface area contributed by atoms with Crippen molar-refractivity contribution in [2.45, 2.75) is 12.5 Å². The number of carbonyl (C=O) groups is 2. The van der Waals surface area contributed by atoms with Crippen LogP contribution in [0.15, 0.2) is 4.99 Å². The smallest absolute Gasteiger partial charge is 0.387 e. The van der Waals surface area contributed by atoms with Crippen LogP contribution < -0.4 is 39.2 Å². The number of rotatable bonds is 4. The lowest BCUT2D eigenvalue weighted by Gasteiger charge is -2.10. The summed E-state index contributed by atoms with van der Waals surface area (Å²) < 4.78 is 1.61. The summed E-state index contributed by atoms with van der Waals surface area (Å²) in [5, 5.41) is 29.8. The molecule has 0 aromatic heterocycles. The maximum atomic E-state index is 9.66. The average Bonchev–Trinajstić information content (AvgIpc) is 2.45. The molecular formula is C13H33N10O4+. The number of aliphatic imine (C=N–C) groups is 1. The molecule has 0 saturated heterocycles. The van der Waals surface area contributed by atoms with E-state index < -0.39 is 18.0 Å². The lowest BCUT2D eigenvalue weighted by atomic mass is 10.3. The third kappa shape index (κ3) is 22.6. The highest BCUT2D eigenvalue weighted by molar-refractivity contribution is 5.97. The van der Waals surface area contributed by atoms with E-state index in [0.29, 0.717) is 18.2 Å². The number of carbonyl (C=O) groups excluding carboxylic acids is 1. The summed E-state index contributed by atoms with van der Waals surface area (Å²) in [5.41, 5.74) is 23.3. The van der Waals surface area contributed by atoms with E-state index in [4.69, 9.17) is 38.9 Å². The predicted molar refractivity (Wildman–Crippen MR) is 100.0 cm³/mol. The van der Waals surface area contributed by atoms with Crippen molar-refractivity contribution >= 4 is 35.5 Å². The third-order valence-electron chi connectivity index (χ3n) is 2.20. The average molecular weight is 393 g/mol. The molecule has 0 spiro atoms. The lowest BCUT2D eigenvalue weighted by molar-refractivity contribution is -0.466. The minimum atomic E-state index is -1.67. The van der Waals surface area contributed by atoms with Gasteiger partial charge in [0, 0.05) is 14.1 Å². The van der Waals surface area contributed by atoms with Gasteiger partial charge in [-0.15, -0.1) is 0 Å². The highest BCUT2D eigenvalue weighted by atomic mass is 16.4. The molecule has 158 valence electrons. The highest BCUT2D eigenvalue weighted by Gasteiger charge is 2.15. The standard InChI is InChI=1S/C5H12N4.C4H11N5.C3H5NO4.CH3/c1-9(2)5(8)3-4(6)7;1-9(2)4(7)8-3(5)6;4-1(2(5)6)3(7)8;/h8H,3H2,1-2H3,(H3,6,7);1-2H3,(H5,5,6,7,8);1H,4H2,(H,5,6)(H,7,8);1H3/q;;;-1/p+2. The third-order valence-corrected chi connectivity index (χ3v) is 2.20. The number of nitrogens with one attached hydrogen (secondary N) is 1. The van der Waals surface area contributed by atoms with Gasteiger partial charge in [-0.1, -0.05) is 0 Å². The van der Waals surface area contributed by atoms with Crippen molar-refractivity contribution in [2.75, 3.05) is 28.2 Å². The number of amidine groups is 2. The van der Waals surface area contributed by atoms with Gasteiger partial charge in [-0.05, 0) is 4.99 Å². The highest BCUT2D eigenvalue weighted by Crippen LogP contribution is 1.83. The zero-order chi connectivity index (χ0) is 21.6. The number of aliphatic carboxylic acids is 2. The van der Waals surface area contributed by atoms with Crippen LogP contribution in [0.4, 0.5) is 0 Å². The number of nitrogens with two attached hydrogens (primary N) is 5. The van der Waals surface area contributed by atoms with Crippen molar-refractivity contribution in [1.82, 2.24) is 4.90 Å². The van der Waals surface area contributed by atoms with Crippen molar-refractivity contribution in [3.05, 3.63) is 7.43 Å². The Balaban J connectivity index is -0.000000145. The second-order valence-corrected chi connectivity index (χ2v) is 5.09. The van der Waals surface area contributed by atoms with Crippen LogP contribution in [0.25, 0.3) is 0 Å². The van der Waals surface area contributed by atoms with Crippen molar-refractivity contribution in [2.24, 2.45) is 27.9 Å². The molecular weight excluding hydrogens is 360 g/mol. The Bertz CT molecular complexity index is 549. The van der Waals surface area contributed by atoms with Gasteiger partial charge in [-0.2, -0.15) is 0 Å². The maximum Gasteiger partial charge on any atom is 0.387 e. The van der Waals surface area contributed by atoms with Crippen molar-refractivity contribution in [1.29, 1.82) is 5.41 Å². The van der Waals surface area contributed by atoms with E-state index in [1.165, 1.54) is 0 Å². The molecule has 0 aliphatic carbocycles. The van der Waals surface area contributed by atoms with Crippen LogP contribution in [0.5, 0.6) is 0 Å². The summed E-state index contributed by atoms with van der Waals surface area (Å²) in [6, 6.07) is -1.66. The summed E-state index contributed by atoms with van der Waals surface area (Å²) in [7, 11) is 7.07. The predicted octanol–water partition coefficient (Wildman–Crippen LogP) is -7.24. The van der Waals surface area contributed by atoms with Gasteiger partial charge in [0.25, 0.3) is 5.96 Å². The number of carboxylic acids is 2. The van der Waals surface area contributed by atoms with Gasteiger partial charge >= 0.3 is 11.9 Å². The molecule has 15 N–H and O–H groups in total. The zero-order valence-electron chi connectivity index (χ0n) is 16.4. The number of hydrogen-bond donors (Lipinski definition) is 8. The molecule has 0 amide bonds. The van der Waals surface area contributed by atoms with Gasteiger partial charge in [-0.3, -0.25) is 26.9 Å². The van der Waals surface area contributed by atoms with Gasteiger partial charge in [0.15, 0.2) is 0 Å². The Morgan fingerprint density at radius 3 is 1.78 bits per heavy atom. The van der Waals surface area contributed by atoms with Gasteiger partial charge in [0.2, 0.25) is 11.9 Å². The molecule has 0 aliphatic heterocycles. The van der Waals surface area contributed by atoms with E-state index >= 15 is 0 Å². The van der Waals surface area contributed by atoms with E-state index in [2.05, 4.69) is 10.7 Å². The molecule has 0 radical (unpaired) electrons. The van der Waals surface area contributed by atoms with E-state index in [0.717, 1.165) is 0 Å². The molecule has 0 aliphatic rings. The van der Waals surface area contributed by atoms with Crippen LogP contribution >= 0.6 is 0 Å². The minimum Gasteiger partial charge on any atom is -0.543 e. The molecule has 0 rings (SSSR count). The van der Waals surface area contributed by atoms with E-state index in [1.54, 1.807) is 37.7 Å². The van der Waals surface area contributed by atoms with Gasteiger partial charge in [0.05, 0.1) is 14.1 Å². The van der Waals surface area contributed by atoms with Crippen molar-refractivity contribution in [3.8, 4) is 0 Å². The van der Waals surface area contributed by atoms with Crippen LogP contribution in [0.3, 0.4) is 0 Å². The van der Waals surface area contributed by atoms with Crippen molar-refractivity contribution in [3.63, 3.8) is 0 Å². The SMILES string of the molecule is CN(C)C(=N)CC(N)=[NH2+].C[N+](C)=C(N)N=C(N)N.[CH3-].[NH3+]C(C(=O)[O-])C(=O)O. The number of guanidine groups is 2. The van der Waals surface area contributed by atoms with Crippen LogP contribution in [-0.2, 0) is 9.59 Å². The molecule has 1 unspecified atom stereocenters. The molecule has 0 fully saturated rings. The molecule has 0 aromatic rings. The Labute approximate surface area is 158 Å². The summed E-state index contributed by atoms with van der Waals surface area (Å²) in [6.07, 6.45) is 0.354. The fourth-order valence-electron chi connectivity index (χ4n) is 0.685. The molecule has 14 nitrogen and oxygen atoms in total. The first-order valence-electron chi connectivity index (χ1n) is 6.91. The first-order chi connectivity index (χ1) is 11.6. The van der Waals surface area contributed by atoms with Crippen LogP contribution in [-0.4, -0.2) is 84.3 Å². The monoisotopic (exact) mass is 393 g/mol. The Kier molecular flexibility index (Phi) is 18.7. The van der Waals surface area contributed by atoms with Crippen molar-refractivity contribution < 1.29 is 35.5 Å². The Morgan fingerprint density at radius 1 is 1.30 bits per heavy atom. The zero-order valence-corrected chi connectivity index (χ0v) is 16.4. The largest absolute Gasteiger partial charge is 0.543 e. The Morgan fingerprint density at radius 2 is 1.70 bits per heavy atom. The minimum absolute atomic E-state index is 0. The fourth-order valence-corrected chi connectivity index (χ4v) is 0.685. The van der Waals surface area contributed by atoms with E-state index in [9.17, 15) is 14.7 Å². The molecule has 0 aromatic carbocycles. The summed E-state index contributed by atoms with van der Waals surface area (Å²) in [5.74, 6) is -2.16. The normalized spacial score (nSPS) is 9.37.